The lowest BCUT2D eigenvalue weighted by Crippen LogP contribution is -2.03. The van der Waals surface area contributed by atoms with Crippen LogP contribution in [0.15, 0.2) is 36.8 Å². The average Bonchev–Trinajstić information content (AvgIpc) is 2.83. The number of nitrogens with two attached hydrogens (primary N) is 1. The molecule has 0 unspecified atom stereocenters. The van der Waals surface area contributed by atoms with Crippen LogP contribution in [0, 0.1) is 12.7 Å². The summed E-state index contributed by atoms with van der Waals surface area (Å²) in [5.41, 5.74) is 7.53. The molecule has 0 aliphatic carbocycles. The van der Waals surface area contributed by atoms with Crippen LogP contribution in [-0.4, -0.2) is 14.4 Å². The molecule has 96 valence electrons. The van der Waals surface area contributed by atoms with Gasteiger partial charge in [0.25, 0.3) is 0 Å². The summed E-state index contributed by atoms with van der Waals surface area (Å²) < 4.78 is 15.3. The molecular weight excluding hydrogens is 245 g/mol. The van der Waals surface area contributed by atoms with E-state index in [4.69, 9.17) is 5.73 Å². The molecule has 5 nitrogen and oxygen atoms in total. The molecule has 0 fully saturated rings. The van der Waals surface area contributed by atoms with Gasteiger partial charge >= 0.3 is 0 Å². The van der Waals surface area contributed by atoms with Crippen LogP contribution in [0.25, 0.3) is 5.65 Å². The monoisotopic (exact) mass is 257 g/mol. The van der Waals surface area contributed by atoms with Crippen molar-refractivity contribution in [1.82, 2.24) is 14.4 Å². The zero-order valence-corrected chi connectivity index (χ0v) is 10.3. The average molecular weight is 257 g/mol. The van der Waals surface area contributed by atoms with Crippen molar-refractivity contribution < 1.29 is 4.39 Å². The van der Waals surface area contributed by atoms with Gasteiger partial charge in [-0.3, -0.25) is 0 Å². The first-order valence-electron chi connectivity index (χ1n) is 5.76. The molecule has 0 aliphatic rings. The fourth-order valence-corrected chi connectivity index (χ4v) is 1.91. The summed E-state index contributed by atoms with van der Waals surface area (Å²) in [6.07, 6.45) is 5.10. The fourth-order valence-electron chi connectivity index (χ4n) is 1.91. The lowest BCUT2D eigenvalue weighted by atomic mass is 10.2. The predicted molar refractivity (Wildman–Crippen MR) is 71.8 cm³/mol. The molecule has 0 amide bonds. The standard InChI is InChI=1S/C13H12FN5/c1-8-9(14)3-2-4-10(8)17-12-13-16-5-6-19(13)7-11(15)18-12/h2-7H,15H2,1H3,(H,17,18). The molecular formula is C13H12FN5. The van der Waals surface area contributed by atoms with Crippen LogP contribution in [-0.2, 0) is 0 Å². The third kappa shape index (κ3) is 1.97. The van der Waals surface area contributed by atoms with Crippen molar-refractivity contribution in [2.75, 3.05) is 11.1 Å². The van der Waals surface area contributed by atoms with Crippen molar-refractivity contribution in [3.05, 3.63) is 48.2 Å². The number of imidazole rings is 1. The minimum absolute atomic E-state index is 0.270. The maximum Gasteiger partial charge on any atom is 0.180 e. The Balaban J connectivity index is 2.10. The highest BCUT2D eigenvalue weighted by molar-refractivity contribution is 5.72. The number of hydrogen-bond donors (Lipinski definition) is 2. The van der Waals surface area contributed by atoms with Crippen LogP contribution in [0.2, 0.25) is 0 Å². The van der Waals surface area contributed by atoms with Crippen molar-refractivity contribution in [2.24, 2.45) is 0 Å². The summed E-state index contributed by atoms with van der Waals surface area (Å²) >= 11 is 0. The summed E-state index contributed by atoms with van der Waals surface area (Å²) in [5.74, 6) is 0.592. The van der Waals surface area contributed by atoms with Gasteiger partial charge in [-0.1, -0.05) is 6.07 Å². The summed E-state index contributed by atoms with van der Waals surface area (Å²) in [6.45, 7) is 1.70. The lowest BCUT2D eigenvalue weighted by molar-refractivity contribution is 0.619. The molecule has 0 saturated heterocycles. The smallest absolute Gasteiger partial charge is 0.180 e. The van der Waals surface area contributed by atoms with Gasteiger partial charge in [-0.15, -0.1) is 0 Å². The van der Waals surface area contributed by atoms with Crippen LogP contribution < -0.4 is 11.1 Å². The van der Waals surface area contributed by atoms with Crippen molar-refractivity contribution >= 4 is 23.0 Å². The summed E-state index contributed by atoms with van der Waals surface area (Å²) in [6, 6.07) is 4.83. The molecule has 1 aromatic carbocycles. The second-order valence-electron chi connectivity index (χ2n) is 4.21. The molecule has 3 aromatic rings. The van der Waals surface area contributed by atoms with Gasteiger partial charge in [-0.2, -0.15) is 0 Å². The minimum atomic E-state index is -0.270. The van der Waals surface area contributed by atoms with Crippen LogP contribution in [0.4, 0.5) is 21.7 Å². The number of halogens is 1. The second kappa shape index (κ2) is 4.24. The van der Waals surface area contributed by atoms with Gasteiger partial charge in [-0.25, -0.2) is 14.4 Å². The maximum atomic E-state index is 13.5. The van der Waals surface area contributed by atoms with Crippen LogP contribution in [0.3, 0.4) is 0 Å². The third-order valence-corrected chi connectivity index (χ3v) is 2.91. The Labute approximate surface area is 108 Å². The predicted octanol–water partition coefficient (Wildman–Crippen LogP) is 2.50. The zero-order valence-electron chi connectivity index (χ0n) is 10.3. The van der Waals surface area contributed by atoms with Crippen molar-refractivity contribution in [1.29, 1.82) is 0 Å². The third-order valence-electron chi connectivity index (χ3n) is 2.91. The quantitative estimate of drug-likeness (QED) is 0.740. The van der Waals surface area contributed by atoms with E-state index in [0.29, 0.717) is 28.5 Å². The van der Waals surface area contributed by atoms with Gasteiger partial charge in [-0.05, 0) is 19.1 Å². The van der Waals surface area contributed by atoms with Gasteiger partial charge in [0.15, 0.2) is 11.5 Å². The maximum absolute atomic E-state index is 13.5. The van der Waals surface area contributed by atoms with E-state index in [1.54, 1.807) is 42.0 Å². The topological polar surface area (TPSA) is 68.2 Å². The zero-order chi connectivity index (χ0) is 13.4. The molecule has 0 radical (unpaired) electrons. The van der Waals surface area contributed by atoms with Crippen molar-refractivity contribution in [3.8, 4) is 0 Å². The molecule has 3 rings (SSSR count). The number of rotatable bonds is 2. The van der Waals surface area contributed by atoms with Crippen LogP contribution in [0.5, 0.6) is 0 Å². The van der Waals surface area contributed by atoms with Gasteiger partial charge in [0.2, 0.25) is 0 Å². The molecule has 2 heterocycles. The number of fused-ring (bicyclic) bond motifs is 1. The Morgan fingerprint density at radius 2 is 2.21 bits per heavy atom. The number of hydrogen-bond acceptors (Lipinski definition) is 4. The SMILES string of the molecule is Cc1c(F)cccc1Nc1nc(N)cn2ccnc12. The Kier molecular flexibility index (Phi) is 2.56. The van der Waals surface area contributed by atoms with E-state index in [1.165, 1.54) is 6.07 Å². The number of nitrogen functional groups attached to an aromatic ring is 1. The Morgan fingerprint density at radius 3 is 3.05 bits per heavy atom. The van der Waals surface area contributed by atoms with E-state index in [0.717, 1.165) is 0 Å². The molecule has 0 bridgehead atoms. The molecule has 6 heteroatoms. The highest BCUT2D eigenvalue weighted by Gasteiger charge is 2.09. The van der Waals surface area contributed by atoms with E-state index < -0.39 is 0 Å². The van der Waals surface area contributed by atoms with E-state index in [-0.39, 0.29) is 5.82 Å². The lowest BCUT2D eigenvalue weighted by Gasteiger charge is -2.10. The molecule has 3 N–H and O–H groups in total. The number of benzene rings is 1. The first-order valence-corrected chi connectivity index (χ1v) is 5.76. The first-order chi connectivity index (χ1) is 9.15. The first kappa shape index (κ1) is 11.5. The number of nitrogens with zero attached hydrogens (tertiary/aromatic N) is 3. The van der Waals surface area contributed by atoms with Gasteiger partial charge in [0.1, 0.15) is 11.6 Å². The largest absolute Gasteiger partial charge is 0.382 e. The second-order valence-corrected chi connectivity index (χ2v) is 4.21. The Morgan fingerprint density at radius 1 is 1.37 bits per heavy atom. The normalized spacial score (nSPS) is 10.8. The Hall–Kier alpha value is -2.63. The molecule has 2 aromatic heterocycles. The molecule has 0 saturated carbocycles. The summed E-state index contributed by atoms with van der Waals surface area (Å²) in [4.78, 5) is 8.40. The van der Waals surface area contributed by atoms with Crippen molar-refractivity contribution in [2.45, 2.75) is 6.92 Å². The summed E-state index contributed by atoms with van der Waals surface area (Å²) in [7, 11) is 0. The van der Waals surface area contributed by atoms with Gasteiger partial charge in [0.05, 0.1) is 6.20 Å². The van der Waals surface area contributed by atoms with E-state index in [9.17, 15) is 4.39 Å². The van der Waals surface area contributed by atoms with Crippen LogP contribution in [0.1, 0.15) is 5.56 Å². The highest BCUT2D eigenvalue weighted by atomic mass is 19.1. The fraction of sp³-hybridized carbons (Fsp3) is 0.0769. The van der Waals surface area contributed by atoms with E-state index in [2.05, 4.69) is 15.3 Å². The van der Waals surface area contributed by atoms with E-state index in [1.807, 2.05) is 0 Å². The molecule has 19 heavy (non-hydrogen) atoms. The van der Waals surface area contributed by atoms with E-state index >= 15 is 0 Å². The summed E-state index contributed by atoms with van der Waals surface area (Å²) in [5, 5.41) is 3.07. The van der Waals surface area contributed by atoms with Crippen molar-refractivity contribution in [3.63, 3.8) is 0 Å². The number of aromatic nitrogens is 3. The number of anilines is 3. The van der Waals surface area contributed by atoms with Gasteiger partial charge < -0.3 is 15.5 Å². The van der Waals surface area contributed by atoms with Gasteiger partial charge in [0, 0.05) is 23.6 Å². The Bertz CT molecular complexity index is 750. The minimum Gasteiger partial charge on any atom is -0.382 e. The number of nitrogens with one attached hydrogen (secondary N) is 1. The highest BCUT2D eigenvalue weighted by Crippen LogP contribution is 2.24. The molecule has 0 spiro atoms. The molecule has 0 atom stereocenters. The molecule has 0 aliphatic heterocycles. The van der Waals surface area contributed by atoms with Crippen LogP contribution >= 0.6 is 0 Å².